The summed E-state index contributed by atoms with van der Waals surface area (Å²) in [7, 11) is 0. The SMILES string of the molecule is Cc1ccc(C)c(OCC(=O)N(Cc2ccccc2F)C(C)C(=O)NC(C)C)c1. The molecule has 2 rings (SSSR count). The van der Waals surface area contributed by atoms with Crippen LogP contribution in [0.3, 0.4) is 0 Å². The maximum atomic E-state index is 14.2. The van der Waals surface area contributed by atoms with Gasteiger partial charge in [-0.1, -0.05) is 30.3 Å². The molecule has 2 amide bonds. The van der Waals surface area contributed by atoms with Gasteiger partial charge in [0.15, 0.2) is 6.61 Å². The summed E-state index contributed by atoms with van der Waals surface area (Å²) in [6.45, 7) is 8.90. The van der Waals surface area contributed by atoms with Crippen molar-refractivity contribution < 1.29 is 18.7 Å². The average Bonchev–Trinajstić information content (AvgIpc) is 2.66. The van der Waals surface area contributed by atoms with Crippen LogP contribution in [0, 0.1) is 19.7 Å². The maximum absolute atomic E-state index is 14.2. The van der Waals surface area contributed by atoms with E-state index in [0.717, 1.165) is 11.1 Å². The molecule has 0 spiro atoms. The molecule has 156 valence electrons. The standard InChI is InChI=1S/C23H29FN2O3/c1-15(2)25-23(28)18(5)26(13-19-8-6-7-9-20(19)24)22(27)14-29-21-12-16(3)10-11-17(21)4/h6-12,15,18H,13-14H2,1-5H3,(H,25,28). The van der Waals surface area contributed by atoms with Gasteiger partial charge in [0.25, 0.3) is 5.91 Å². The lowest BCUT2D eigenvalue weighted by Crippen LogP contribution is -2.50. The van der Waals surface area contributed by atoms with E-state index in [1.54, 1.807) is 25.1 Å². The number of carbonyl (C=O) groups is 2. The van der Waals surface area contributed by atoms with Crippen molar-refractivity contribution >= 4 is 11.8 Å². The Morgan fingerprint density at radius 3 is 2.45 bits per heavy atom. The first-order valence-electron chi connectivity index (χ1n) is 9.72. The van der Waals surface area contributed by atoms with Gasteiger partial charge in [-0.25, -0.2) is 4.39 Å². The van der Waals surface area contributed by atoms with Crippen LogP contribution in [-0.2, 0) is 16.1 Å². The normalized spacial score (nSPS) is 11.8. The molecule has 1 N–H and O–H groups in total. The summed E-state index contributed by atoms with van der Waals surface area (Å²) in [6.07, 6.45) is 0. The lowest BCUT2D eigenvalue weighted by Gasteiger charge is -2.29. The molecule has 0 heterocycles. The summed E-state index contributed by atoms with van der Waals surface area (Å²) in [5.74, 6) is -0.488. The van der Waals surface area contributed by atoms with Crippen molar-refractivity contribution in [3.05, 3.63) is 65.0 Å². The Balaban J connectivity index is 2.20. The van der Waals surface area contributed by atoms with Crippen molar-refractivity contribution in [2.45, 2.75) is 53.2 Å². The van der Waals surface area contributed by atoms with E-state index in [1.807, 2.05) is 45.9 Å². The fraction of sp³-hybridized carbons (Fsp3) is 0.391. The molecule has 0 aromatic heterocycles. The Bertz CT molecular complexity index is 867. The summed E-state index contributed by atoms with van der Waals surface area (Å²) in [4.78, 5) is 26.8. The molecule has 2 aromatic carbocycles. The summed E-state index contributed by atoms with van der Waals surface area (Å²) in [5.41, 5.74) is 2.28. The molecule has 0 radical (unpaired) electrons. The molecule has 6 heteroatoms. The molecule has 0 fully saturated rings. The monoisotopic (exact) mass is 400 g/mol. The van der Waals surface area contributed by atoms with Crippen LogP contribution in [0.25, 0.3) is 0 Å². The Morgan fingerprint density at radius 1 is 1.10 bits per heavy atom. The smallest absolute Gasteiger partial charge is 0.261 e. The summed E-state index contributed by atoms with van der Waals surface area (Å²) in [5, 5.41) is 2.80. The molecule has 0 saturated heterocycles. The lowest BCUT2D eigenvalue weighted by atomic mass is 10.1. The van der Waals surface area contributed by atoms with E-state index < -0.39 is 11.9 Å². The van der Waals surface area contributed by atoms with Gasteiger partial charge in [0.2, 0.25) is 5.91 Å². The zero-order valence-corrected chi connectivity index (χ0v) is 17.7. The topological polar surface area (TPSA) is 58.6 Å². The van der Waals surface area contributed by atoms with E-state index in [0.29, 0.717) is 11.3 Å². The van der Waals surface area contributed by atoms with E-state index in [4.69, 9.17) is 4.74 Å². The van der Waals surface area contributed by atoms with Gasteiger partial charge < -0.3 is 15.0 Å². The molecule has 0 bridgehead atoms. The first kappa shape index (κ1) is 22.4. The van der Waals surface area contributed by atoms with Gasteiger partial charge in [-0.15, -0.1) is 0 Å². The third-order valence-electron chi connectivity index (χ3n) is 4.59. The van der Waals surface area contributed by atoms with E-state index in [-0.39, 0.29) is 31.0 Å². The van der Waals surface area contributed by atoms with Gasteiger partial charge >= 0.3 is 0 Å². The van der Waals surface area contributed by atoms with Crippen molar-refractivity contribution in [1.29, 1.82) is 0 Å². The number of aryl methyl sites for hydroxylation is 2. The number of nitrogens with zero attached hydrogens (tertiary/aromatic N) is 1. The number of hydrogen-bond donors (Lipinski definition) is 1. The molecule has 1 atom stereocenters. The van der Waals surface area contributed by atoms with E-state index in [2.05, 4.69) is 5.32 Å². The minimum absolute atomic E-state index is 0.0195. The van der Waals surface area contributed by atoms with Crippen molar-refractivity contribution in [2.75, 3.05) is 6.61 Å². The highest BCUT2D eigenvalue weighted by atomic mass is 19.1. The minimum Gasteiger partial charge on any atom is -0.483 e. The third-order valence-corrected chi connectivity index (χ3v) is 4.59. The van der Waals surface area contributed by atoms with Crippen LogP contribution in [0.5, 0.6) is 5.75 Å². The highest BCUT2D eigenvalue weighted by Crippen LogP contribution is 2.20. The van der Waals surface area contributed by atoms with Crippen LogP contribution in [0.4, 0.5) is 4.39 Å². The molecule has 29 heavy (non-hydrogen) atoms. The molecule has 1 unspecified atom stereocenters. The van der Waals surface area contributed by atoms with Gasteiger partial charge in [0.05, 0.1) is 0 Å². The molecule has 0 aliphatic heterocycles. The number of ether oxygens (including phenoxy) is 1. The predicted octanol–water partition coefficient (Wildman–Crippen LogP) is 3.76. The van der Waals surface area contributed by atoms with Gasteiger partial charge in [-0.3, -0.25) is 9.59 Å². The fourth-order valence-electron chi connectivity index (χ4n) is 2.88. The molecule has 2 aromatic rings. The second-order valence-electron chi connectivity index (χ2n) is 7.51. The number of nitrogens with one attached hydrogen (secondary N) is 1. The summed E-state index contributed by atoms with van der Waals surface area (Å²) >= 11 is 0. The van der Waals surface area contributed by atoms with Crippen molar-refractivity contribution in [2.24, 2.45) is 0 Å². The zero-order valence-electron chi connectivity index (χ0n) is 17.7. The van der Waals surface area contributed by atoms with Crippen molar-refractivity contribution in [3.8, 4) is 5.75 Å². The molecule has 0 saturated carbocycles. The maximum Gasteiger partial charge on any atom is 0.261 e. The largest absolute Gasteiger partial charge is 0.483 e. The molecular weight excluding hydrogens is 371 g/mol. The number of amides is 2. The second-order valence-corrected chi connectivity index (χ2v) is 7.51. The van der Waals surface area contributed by atoms with E-state index in [1.165, 1.54) is 11.0 Å². The van der Waals surface area contributed by atoms with Gasteiger partial charge in [-0.2, -0.15) is 0 Å². The average molecular weight is 400 g/mol. The van der Waals surface area contributed by atoms with Crippen LogP contribution in [0.15, 0.2) is 42.5 Å². The lowest BCUT2D eigenvalue weighted by molar-refractivity contribution is -0.142. The summed E-state index contributed by atoms with van der Waals surface area (Å²) in [6, 6.07) is 11.1. The molecule has 0 aliphatic carbocycles. The van der Waals surface area contributed by atoms with Crippen molar-refractivity contribution in [3.63, 3.8) is 0 Å². The van der Waals surface area contributed by atoms with Gasteiger partial charge in [0.1, 0.15) is 17.6 Å². The number of halogens is 1. The van der Waals surface area contributed by atoms with E-state index in [9.17, 15) is 14.0 Å². The zero-order chi connectivity index (χ0) is 21.6. The summed E-state index contributed by atoms with van der Waals surface area (Å²) < 4.78 is 19.9. The highest BCUT2D eigenvalue weighted by Gasteiger charge is 2.27. The van der Waals surface area contributed by atoms with Crippen LogP contribution in [0.1, 0.15) is 37.5 Å². The number of hydrogen-bond acceptors (Lipinski definition) is 3. The Morgan fingerprint density at radius 2 is 1.79 bits per heavy atom. The third kappa shape index (κ3) is 6.31. The number of carbonyl (C=O) groups excluding carboxylic acids is 2. The second kappa shape index (κ2) is 10.0. The Hall–Kier alpha value is -2.89. The highest BCUT2D eigenvalue weighted by molar-refractivity contribution is 5.88. The molecular formula is C23H29FN2O3. The van der Waals surface area contributed by atoms with Crippen LogP contribution < -0.4 is 10.1 Å². The first-order valence-corrected chi connectivity index (χ1v) is 9.72. The predicted molar refractivity (Wildman–Crippen MR) is 111 cm³/mol. The van der Waals surface area contributed by atoms with Gasteiger partial charge in [-0.05, 0) is 57.9 Å². The molecule has 5 nitrogen and oxygen atoms in total. The quantitative estimate of drug-likeness (QED) is 0.734. The molecule has 0 aliphatic rings. The first-order chi connectivity index (χ1) is 13.7. The minimum atomic E-state index is -0.772. The van der Waals surface area contributed by atoms with Crippen molar-refractivity contribution in [1.82, 2.24) is 10.2 Å². The van der Waals surface area contributed by atoms with Gasteiger partial charge in [0, 0.05) is 18.2 Å². The number of benzene rings is 2. The Labute approximate surface area is 171 Å². The Kier molecular flexibility index (Phi) is 7.76. The van der Waals surface area contributed by atoms with Crippen LogP contribution in [-0.4, -0.2) is 35.4 Å². The van der Waals surface area contributed by atoms with E-state index >= 15 is 0 Å². The number of rotatable bonds is 8. The fourth-order valence-corrected chi connectivity index (χ4v) is 2.88. The van der Waals surface area contributed by atoms with Crippen LogP contribution >= 0.6 is 0 Å². The van der Waals surface area contributed by atoms with Crippen LogP contribution in [0.2, 0.25) is 0 Å².